The van der Waals surface area contributed by atoms with Crippen LogP contribution in [0.4, 0.5) is 0 Å². The molecule has 0 saturated carbocycles. The SMILES string of the molecule is C=C/C=C\c1c(C)c2cc(-c3cccc4c3oc3ccccc34)ccc2n1-c1ccc(-n2c3ccccc3c3cc(C#N)ccc32)nc1. The molecule has 48 heavy (non-hydrogen) atoms. The molecular weight excluding hydrogens is 589 g/mol. The van der Waals surface area contributed by atoms with Crippen LogP contribution in [0.15, 0.2) is 145 Å². The molecule has 0 saturated heterocycles. The lowest BCUT2D eigenvalue weighted by atomic mass is 10.00. The summed E-state index contributed by atoms with van der Waals surface area (Å²) >= 11 is 0. The number of para-hydroxylation sites is 3. The maximum atomic E-state index is 9.54. The number of rotatable bonds is 5. The molecule has 5 heteroatoms. The Morgan fingerprint density at radius 3 is 2.33 bits per heavy atom. The minimum Gasteiger partial charge on any atom is -0.455 e. The molecule has 4 heterocycles. The Bertz CT molecular complexity index is 2820. The summed E-state index contributed by atoms with van der Waals surface area (Å²) in [6.07, 6.45) is 7.82. The minimum atomic E-state index is 0.640. The third kappa shape index (κ3) is 4.07. The first kappa shape index (κ1) is 27.7. The molecule has 0 aliphatic rings. The van der Waals surface area contributed by atoms with Crippen LogP contribution in [0.2, 0.25) is 0 Å². The summed E-state index contributed by atoms with van der Waals surface area (Å²) in [6, 6.07) is 41.8. The lowest BCUT2D eigenvalue weighted by Crippen LogP contribution is -2.01. The van der Waals surface area contributed by atoms with E-state index < -0.39 is 0 Å². The first-order chi connectivity index (χ1) is 23.6. The maximum absolute atomic E-state index is 9.54. The fourth-order valence-electron chi connectivity index (χ4n) is 7.18. The van der Waals surface area contributed by atoms with Gasteiger partial charge in [0.2, 0.25) is 0 Å². The van der Waals surface area contributed by atoms with Gasteiger partial charge in [-0.25, -0.2) is 4.98 Å². The van der Waals surface area contributed by atoms with E-state index in [4.69, 9.17) is 9.40 Å². The highest BCUT2D eigenvalue weighted by Crippen LogP contribution is 2.39. The topological polar surface area (TPSA) is 59.7 Å². The van der Waals surface area contributed by atoms with Gasteiger partial charge in [0.15, 0.2) is 0 Å². The third-order valence-corrected chi connectivity index (χ3v) is 9.39. The smallest absolute Gasteiger partial charge is 0.143 e. The molecule has 5 aromatic carbocycles. The van der Waals surface area contributed by atoms with Crippen molar-refractivity contribution in [2.24, 2.45) is 0 Å². The van der Waals surface area contributed by atoms with Crippen LogP contribution in [-0.4, -0.2) is 14.1 Å². The average molecular weight is 617 g/mol. The summed E-state index contributed by atoms with van der Waals surface area (Å²) in [6.45, 7) is 6.09. The third-order valence-electron chi connectivity index (χ3n) is 9.39. The highest BCUT2D eigenvalue weighted by atomic mass is 16.3. The molecule has 0 N–H and O–H groups in total. The van der Waals surface area contributed by atoms with Crippen molar-refractivity contribution in [3.05, 3.63) is 157 Å². The number of fused-ring (bicyclic) bond motifs is 7. The number of nitrogens with zero attached hydrogens (tertiary/aromatic N) is 4. The molecule has 0 aliphatic heterocycles. The van der Waals surface area contributed by atoms with Gasteiger partial charge >= 0.3 is 0 Å². The zero-order valence-electron chi connectivity index (χ0n) is 26.2. The van der Waals surface area contributed by atoms with E-state index in [-0.39, 0.29) is 0 Å². The first-order valence-electron chi connectivity index (χ1n) is 15.9. The average Bonchev–Trinajstić information content (AvgIpc) is 3.77. The molecule has 0 atom stereocenters. The molecule has 4 aromatic heterocycles. The van der Waals surface area contributed by atoms with Gasteiger partial charge in [-0.3, -0.25) is 4.57 Å². The van der Waals surface area contributed by atoms with E-state index in [0.29, 0.717) is 5.56 Å². The van der Waals surface area contributed by atoms with Crippen LogP contribution in [0.25, 0.3) is 83.4 Å². The Morgan fingerprint density at radius 1 is 0.729 bits per heavy atom. The van der Waals surface area contributed by atoms with Crippen LogP contribution < -0.4 is 0 Å². The number of furan rings is 1. The van der Waals surface area contributed by atoms with Crippen molar-refractivity contribution in [1.29, 1.82) is 5.26 Å². The Hall–Kier alpha value is -6.64. The summed E-state index contributed by atoms with van der Waals surface area (Å²) < 4.78 is 10.8. The summed E-state index contributed by atoms with van der Waals surface area (Å²) in [7, 11) is 0. The highest BCUT2D eigenvalue weighted by molar-refractivity contribution is 6.11. The molecule has 9 aromatic rings. The van der Waals surface area contributed by atoms with Crippen molar-refractivity contribution < 1.29 is 4.42 Å². The number of allylic oxidation sites excluding steroid dienone is 2. The van der Waals surface area contributed by atoms with Crippen LogP contribution in [0.1, 0.15) is 16.8 Å². The summed E-state index contributed by atoms with van der Waals surface area (Å²) in [5.41, 5.74) is 11.0. The van der Waals surface area contributed by atoms with Gasteiger partial charge in [0.1, 0.15) is 17.0 Å². The largest absolute Gasteiger partial charge is 0.455 e. The fourth-order valence-corrected chi connectivity index (χ4v) is 7.18. The van der Waals surface area contributed by atoms with Gasteiger partial charge in [-0.15, -0.1) is 0 Å². The number of hydrogen-bond acceptors (Lipinski definition) is 3. The summed E-state index contributed by atoms with van der Waals surface area (Å²) in [5.74, 6) is 0.812. The molecule has 0 unspecified atom stereocenters. The van der Waals surface area contributed by atoms with E-state index in [9.17, 15) is 5.26 Å². The quantitative estimate of drug-likeness (QED) is 0.181. The van der Waals surface area contributed by atoms with Gasteiger partial charge in [-0.2, -0.15) is 5.26 Å². The minimum absolute atomic E-state index is 0.640. The summed E-state index contributed by atoms with van der Waals surface area (Å²) in [4.78, 5) is 5.02. The predicted octanol–water partition coefficient (Wildman–Crippen LogP) is 11.1. The second-order valence-corrected chi connectivity index (χ2v) is 12.0. The van der Waals surface area contributed by atoms with Gasteiger partial charge in [0.25, 0.3) is 0 Å². The molecule has 0 fully saturated rings. The van der Waals surface area contributed by atoms with Crippen molar-refractivity contribution in [3.63, 3.8) is 0 Å². The van der Waals surface area contributed by atoms with Gasteiger partial charge in [0.05, 0.1) is 40.1 Å². The first-order valence-corrected chi connectivity index (χ1v) is 15.9. The number of nitriles is 1. The van der Waals surface area contributed by atoms with E-state index in [1.165, 1.54) is 5.56 Å². The molecule has 9 rings (SSSR count). The number of pyridine rings is 1. The molecule has 226 valence electrons. The Labute approximate surface area is 276 Å². The van der Waals surface area contributed by atoms with E-state index in [2.05, 4.69) is 108 Å². The van der Waals surface area contributed by atoms with E-state index >= 15 is 0 Å². The van der Waals surface area contributed by atoms with Crippen molar-refractivity contribution in [2.45, 2.75) is 6.92 Å². The number of aryl methyl sites for hydroxylation is 1. The van der Waals surface area contributed by atoms with Gasteiger partial charge in [0, 0.05) is 38.2 Å². The van der Waals surface area contributed by atoms with Crippen LogP contribution in [0, 0.1) is 18.3 Å². The second kappa shape index (κ2) is 10.7. The Kier molecular flexibility index (Phi) is 6.18. The lowest BCUT2D eigenvalue weighted by molar-refractivity contribution is 0.670. The molecule has 0 spiro atoms. The van der Waals surface area contributed by atoms with E-state index in [1.807, 2.05) is 54.7 Å². The van der Waals surface area contributed by atoms with Crippen LogP contribution in [-0.2, 0) is 0 Å². The molecule has 5 nitrogen and oxygen atoms in total. The van der Waals surface area contributed by atoms with Crippen molar-refractivity contribution >= 4 is 60.7 Å². The fraction of sp³-hybridized carbons (Fsp3) is 0.0233. The highest BCUT2D eigenvalue weighted by Gasteiger charge is 2.19. The Balaban J connectivity index is 1.20. The predicted molar refractivity (Wildman–Crippen MR) is 197 cm³/mol. The molecule has 0 aliphatic carbocycles. The Morgan fingerprint density at radius 2 is 1.50 bits per heavy atom. The number of hydrogen-bond donors (Lipinski definition) is 0. The van der Waals surface area contributed by atoms with E-state index in [1.54, 1.807) is 6.08 Å². The molecule has 0 bridgehead atoms. The monoisotopic (exact) mass is 616 g/mol. The zero-order chi connectivity index (χ0) is 32.4. The number of benzene rings is 5. The second-order valence-electron chi connectivity index (χ2n) is 12.0. The van der Waals surface area contributed by atoms with Gasteiger partial charge < -0.3 is 8.98 Å². The standard InChI is InChI=1S/C43H28N4O/c1-3-4-14-37-27(2)35-24-29(31-12-9-13-34-33-11-6-8-16-41(33)48-43(31)34)18-21-39(35)46(37)30-19-22-42(45-26-30)47-38-15-7-5-10-32(38)36-23-28(25-44)17-20-40(36)47/h3-24,26H,1H2,2H3/b14-4-. The van der Waals surface area contributed by atoms with Crippen molar-refractivity contribution in [2.75, 3.05) is 0 Å². The molecular formula is C43H28N4O. The van der Waals surface area contributed by atoms with Crippen LogP contribution >= 0.6 is 0 Å². The molecule has 0 amide bonds. The van der Waals surface area contributed by atoms with Crippen molar-refractivity contribution in [3.8, 4) is 28.7 Å². The van der Waals surface area contributed by atoms with Crippen molar-refractivity contribution in [1.82, 2.24) is 14.1 Å². The van der Waals surface area contributed by atoms with Crippen LogP contribution in [0.3, 0.4) is 0 Å². The van der Waals surface area contributed by atoms with Gasteiger partial charge in [-0.1, -0.05) is 79.4 Å². The lowest BCUT2D eigenvalue weighted by Gasteiger charge is -2.12. The molecule has 0 radical (unpaired) electrons. The van der Waals surface area contributed by atoms with Gasteiger partial charge in [-0.05, 0) is 78.7 Å². The normalized spacial score (nSPS) is 11.8. The van der Waals surface area contributed by atoms with Crippen LogP contribution in [0.5, 0.6) is 0 Å². The summed E-state index contributed by atoms with van der Waals surface area (Å²) in [5, 5.41) is 15.1. The van der Waals surface area contributed by atoms with E-state index in [0.717, 1.165) is 83.0 Å². The maximum Gasteiger partial charge on any atom is 0.143 e. The zero-order valence-corrected chi connectivity index (χ0v) is 26.2. The number of aromatic nitrogens is 3.